The second-order valence-corrected chi connectivity index (χ2v) is 22.8. The summed E-state index contributed by atoms with van der Waals surface area (Å²) in [6.45, 7) is 11.2. The molecular formula is C38H37N2STl. The van der Waals surface area contributed by atoms with Crippen LogP contribution in [0.25, 0.3) is 21.3 Å². The standard InChI is InChI=1S/C24H23N2S.2C7H7.Tl/c1-14-12-17(4)21(18(5)13-14)19-10-7-11-20-23(19)26-24(27-20)25-22-15(2)8-6-9-16(22)3;2*1-7-5-3-2-4-6-7;/h6-13H,1-5H3;2*2-6H,1H2;/q-1;;;+1. The number of aromatic nitrogens is 1. The van der Waals surface area contributed by atoms with Crippen LogP contribution >= 0.6 is 11.3 Å². The van der Waals surface area contributed by atoms with E-state index in [-0.39, 0.29) is 0 Å². The maximum atomic E-state index is 5.56. The Balaban J connectivity index is 1.56. The van der Waals surface area contributed by atoms with Crippen molar-refractivity contribution in [2.24, 2.45) is 0 Å². The summed E-state index contributed by atoms with van der Waals surface area (Å²) in [4.78, 5) is 5.56. The first-order valence-electron chi connectivity index (χ1n) is 14.8. The van der Waals surface area contributed by atoms with E-state index in [0.717, 1.165) is 18.6 Å². The van der Waals surface area contributed by atoms with Gasteiger partial charge >= 0.3 is 265 Å². The predicted molar refractivity (Wildman–Crippen MR) is 183 cm³/mol. The van der Waals surface area contributed by atoms with E-state index in [1.165, 1.54) is 60.5 Å². The summed E-state index contributed by atoms with van der Waals surface area (Å²) in [6.07, 6.45) is 0. The minimum atomic E-state index is -2.83. The molecule has 0 N–H and O–H groups in total. The van der Waals surface area contributed by atoms with Crippen LogP contribution in [0.1, 0.15) is 38.9 Å². The molecule has 0 radical (unpaired) electrons. The van der Waals surface area contributed by atoms with Gasteiger partial charge in [0.25, 0.3) is 0 Å². The molecule has 0 atom stereocenters. The average molecular weight is 758 g/mol. The maximum absolute atomic E-state index is 5.56. The quantitative estimate of drug-likeness (QED) is 0.144. The fourth-order valence-corrected chi connectivity index (χ4v) is 22.1. The van der Waals surface area contributed by atoms with E-state index in [9.17, 15) is 0 Å². The predicted octanol–water partition coefficient (Wildman–Crippen LogP) is 10.2. The molecular weight excluding hydrogens is 721 g/mol. The number of hydrogen-bond donors (Lipinski definition) is 0. The third kappa shape index (κ3) is 5.95. The molecule has 0 amide bonds. The van der Waals surface area contributed by atoms with Crippen LogP contribution in [0.4, 0.5) is 10.8 Å². The van der Waals surface area contributed by atoms with E-state index >= 15 is 0 Å². The topological polar surface area (TPSA) is 16.1 Å². The van der Waals surface area contributed by atoms with E-state index in [2.05, 4.69) is 147 Å². The Morgan fingerprint density at radius 2 is 1.17 bits per heavy atom. The van der Waals surface area contributed by atoms with Crippen molar-refractivity contribution in [3.63, 3.8) is 0 Å². The van der Waals surface area contributed by atoms with Crippen molar-refractivity contribution in [1.82, 2.24) is 4.98 Å². The van der Waals surface area contributed by atoms with Crippen LogP contribution in [0, 0.1) is 34.6 Å². The fraction of sp³-hybridized carbons (Fsp3) is 0.184. The van der Waals surface area contributed by atoms with Crippen molar-refractivity contribution in [2.45, 2.75) is 42.6 Å². The summed E-state index contributed by atoms with van der Waals surface area (Å²) in [5.41, 5.74) is 14.5. The van der Waals surface area contributed by atoms with E-state index in [1.54, 1.807) is 0 Å². The van der Waals surface area contributed by atoms with E-state index in [0.29, 0.717) is 0 Å². The van der Waals surface area contributed by atoms with Gasteiger partial charge in [-0.05, 0) is 0 Å². The van der Waals surface area contributed by atoms with Crippen molar-refractivity contribution in [1.29, 1.82) is 0 Å². The number of rotatable bonds is 8. The number of hydrogen-bond acceptors (Lipinski definition) is 3. The number of thiazole rings is 1. The average Bonchev–Trinajstić information content (AvgIpc) is 3.40. The van der Waals surface area contributed by atoms with Gasteiger partial charge in [0, 0.05) is 0 Å². The van der Waals surface area contributed by atoms with Gasteiger partial charge in [-0.1, -0.05) is 0 Å². The Kier molecular flexibility index (Phi) is 8.59. The first kappa shape index (κ1) is 28.8. The summed E-state index contributed by atoms with van der Waals surface area (Å²) in [5, 5.41) is 1.15. The van der Waals surface area contributed by atoms with Crippen molar-refractivity contribution in [3.8, 4) is 11.1 Å². The first-order chi connectivity index (χ1) is 20.4. The zero-order valence-electron chi connectivity index (χ0n) is 25.2. The summed E-state index contributed by atoms with van der Waals surface area (Å²) in [7, 11) is 0. The molecule has 5 aromatic carbocycles. The second kappa shape index (κ2) is 12.5. The van der Waals surface area contributed by atoms with Crippen LogP contribution in [0.5, 0.6) is 0 Å². The Labute approximate surface area is 263 Å². The van der Waals surface area contributed by atoms with Gasteiger partial charge in [0.05, 0.1) is 0 Å². The van der Waals surface area contributed by atoms with Crippen LogP contribution in [0.15, 0.2) is 109 Å². The van der Waals surface area contributed by atoms with Gasteiger partial charge in [0.15, 0.2) is 0 Å². The molecule has 0 bridgehead atoms. The number of aryl methyl sites for hydroxylation is 5. The number of nitrogens with zero attached hydrogens (tertiary/aromatic N) is 2. The fourth-order valence-electron chi connectivity index (χ4n) is 6.49. The molecule has 208 valence electrons. The molecule has 6 aromatic rings. The van der Waals surface area contributed by atoms with Crippen LogP contribution in [-0.4, -0.2) is 28.0 Å². The molecule has 0 aliphatic heterocycles. The van der Waals surface area contributed by atoms with Crippen LogP contribution < -0.4 is 2.71 Å². The van der Waals surface area contributed by atoms with Gasteiger partial charge in [-0.25, -0.2) is 0 Å². The molecule has 0 spiro atoms. The summed E-state index contributed by atoms with van der Waals surface area (Å²) in [6, 6.07) is 40.2. The van der Waals surface area contributed by atoms with Crippen molar-refractivity contribution in [3.05, 3.63) is 148 Å². The molecule has 1 aromatic heterocycles. The number of para-hydroxylation sites is 2. The second-order valence-electron chi connectivity index (χ2n) is 11.6. The Bertz CT molecular complexity index is 1760. The number of anilines is 2. The third-order valence-corrected chi connectivity index (χ3v) is 22.1. The van der Waals surface area contributed by atoms with Gasteiger partial charge in [-0.15, -0.1) is 0 Å². The van der Waals surface area contributed by atoms with Gasteiger partial charge in [0.1, 0.15) is 0 Å². The van der Waals surface area contributed by atoms with Gasteiger partial charge in [-0.3, -0.25) is 0 Å². The molecule has 0 aliphatic rings. The zero-order chi connectivity index (χ0) is 29.2. The van der Waals surface area contributed by atoms with Gasteiger partial charge in [-0.2, -0.15) is 0 Å². The van der Waals surface area contributed by atoms with Gasteiger partial charge in [0.2, 0.25) is 0 Å². The molecule has 4 heteroatoms. The molecule has 1 heterocycles. The molecule has 0 unspecified atom stereocenters. The number of fused-ring (bicyclic) bond motifs is 1. The molecule has 2 nitrogen and oxygen atoms in total. The third-order valence-electron chi connectivity index (χ3n) is 8.23. The SMILES string of the molecule is Cc1cc(C)c(-c2cccc3sc([N](c4c(C)cccc4C)[Tl]([CH2]c4ccccc4)[CH2]c4ccccc4)nc23)c(C)c1. The first-order valence-corrected chi connectivity index (χ1v) is 24.0. The monoisotopic (exact) mass is 758 g/mol. The molecule has 0 aliphatic carbocycles. The van der Waals surface area contributed by atoms with Crippen LogP contribution in [0.2, 0.25) is 0 Å². The Morgan fingerprint density at radius 3 is 1.74 bits per heavy atom. The molecule has 42 heavy (non-hydrogen) atoms. The Morgan fingerprint density at radius 1 is 0.619 bits per heavy atom. The molecule has 6 rings (SSSR count). The zero-order valence-corrected chi connectivity index (χ0v) is 30.5. The number of benzene rings is 5. The normalized spacial score (nSPS) is 11.2. The summed E-state index contributed by atoms with van der Waals surface area (Å²) < 4.78 is 6.31. The molecule has 0 saturated heterocycles. The van der Waals surface area contributed by atoms with E-state index in [1.807, 2.05) is 11.3 Å². The van der Waals surface area contributed by atoms with E-state index in [4.69, 9.17) is 4.98 Å². The Hall–Kier alpha value is -3.29. The summed E-state index contributed by atoms with van der Waals surface area (Å²) >= 11 is -0.973. The van der Waals surface area contributed by atoms with Crippen molar-refractivity contribution in [2.75, 3.05) is 2.71 Å². The molecule has 0 fully saturated rings. The minimum absolute atomic E-state index is 1.12. The van der Waals surface area contributed by atoms with Crippen LogP contribution in [0.3, 0.4) is 0 Å². The van der Waals surface area contributed by atoms with E-state index < -0.39 is 23.0 Å². The summed E-state index contributed by atoms with van der Waals surface area (Å²) in [5.74, 6) is 0. The van der Waals surface area contributed by atoms with Crippen molar-refractivity contribution >= 4 is 55.4 Å². The van der Waals surface area contributed by atoms with Gasteiger partial charge < -0.3 is 0 Å². The van der Waals surface area contributed by atoms with Crippen molar-refractivity contribution < 1.29 is 0 Å². The molecule has 0 saturated carbocycles. The van der Waals surface area contributed by atoms with Crippen LogP contribution in [-0.2, 0) is 7.96 Å².